The first kappa shape index (κ1) is 14.2. The molecule has 0 bridgehead atoms. The van der Waals surface area contributed by atoms with Crippen LogP contribution in [0, 0.1) is 5.82 Å². The second-order valence-corrected chi connectivity index (χ2v) is 6.05. The van der Waals surface area contributed by atoms with Crippen LogP contribution in [-0.4, -0.2) is 18.5 Å². The van der Waals surface area contributed by atoms with Gasteiger partial charge in [0.05, 0.1) is 5.56 Å². The van der Waals surface area contributed by atoms with Gasteiger partial charge in [-0.15, -0.1) is 0 Å². The summed E-state index contributed by atoms with van der Waals surface area (Å²) >= 11 is 3.19. The molecule has 0 spiro atoms. The fraction of sp³-hybridized carbons (Fsp3) is 0.188. The van der Waals surface area contributed by atoms with Crippen molar-refractivity contribution in [3.63, 3.8) is 0 Å². The first-order valence-electron chi connectivity index (χ1n) is 6.66. The van der Waals surface area contributed by atoms with Crippen molar-refractivity contribution in [2.24, 2.45) is 5.73 Å². The molecule has 0 aliphatic carbocycles. The Labute approximate surface area is 130 Å². The van der Waals surface area contributed by atoms with Gasteiger partial charge in [-0.1, -0.05) is 34.1 Å². The van der Waals surface area contributed by atoms with Crippen LogP contribution >= 0.6 is 15.9 Å². The molecule has 1 amide bonds. The van der Waals surface area contributed by atoms with E-state index < -0.39 is 5.82 Å². The van der Waals surface area contributed by atoms with Crippen molar-refractivity contribution in [3.05, 3.63) is 63.9 Å². The highest BCUT2D eigenvalue weighted by molar-refractivity contribution is 9.10. The summed E-state index contributed by atoms with van der Waals surface area (Å²) in [7, 11) is 0. The highest BCUT2D eigenvalue weighted by Crippen LogP contribution is 2.28. The fourth-order valence-electron chi connectivity index (χ4n) is 2.63. The molecule has 108 valence electrons. The summed E-state index contributed by atoms with van der Waals surface area (Å²) in [6.07, 6.45) is 0.725. The zero-order valence-electron chi connectivity index (χ0n) is 11.2. The lowest BCUT2D eigenvalue weighted by Crippen LogP contribution is -2.46. The van der Waals surface area contributed by atoms with Crippen LogP contribution in [0.3, 0.4) is 0 Å². The summed E-state index contributed by atoms with van der Waals surface area (Å²) < 4.78 is 14.6. The Hall–Kier alpha value is -1.72. The first-order chi connectivity index (χ1) is 10.1. The third-order valence-electron chi connectivity index (χ3n) is 3.59. The predicted octanol–water partition coefficient (Wildman–Crippen LogP) is 3.12. The Kier molecular flexibility index (Phi) is 3.78. The summed E-state index contributed by atoms with van der Waals surface area (Å²) in [6.45, 7) is 0.394. The maximum absolute atomic E-state index is 14.0. The molecule has 2 aromatic carbocycles. The van der Waals surface area contributed by atoms with Gasteiger partial charge in [0.15, 0.2) is 0 Å². The second kappa shape index (κ2) is 5.58. The summed E-state index contributed by atoms with van der Waals surface area (Å²) in [5.41, 5.74) is 7.91. The van der Waals surface area contributed by atoms with Gasteiger partial charge in [0, 0.05) is 22.7 Å². The Balaban J connectivity index is 2.02. The lowest BCUT2D eigenvalue weighted by Gasteiger charge is -2.33. The highest BCUT2D eigenvalue weighted by Gasteiger charge is 2.28. The van der Waals surface area contributed by atoms with E-state index in [-0.39, 0.29) is 17.5 Å². The number of rotatable bonds is 1. The van der Waals surface area contributed by atoms with Crippen molar-refractivity contribution in [1.82, 2.24) is 0 Å². The number of carbonyl (C=O) groups excluding carboxylic acids is 1. The lowest BCUT2D eigenvalue weighted by atomic mass is 9.97. The van der Waals surface area contributed by atoms with E-state index in [4.69, 9.17) is 5.73 Å². The van der Waals surface area contributed by atoms with E-state index in [9.17, 15) is 9.18 Å². The fourth-order valence-corrected chi connectivity index (χ4v) is 2.96. The first-order valence-corrected chi connectivity index (χ1v) is 7.46. The molecule has 1 atom stereocenters. The van der Waals surface area contributed by atoms with E-state index in [1.165, 1.54) is 12.1 Å². The molecular formula is C16H14BrFN2O. The van der Waals surface area contributed by atoms with Gasteiger partial charge in [-0.2, -0.15) is 0 Å². The molecule has 1 aliphatic rings. The van der Waals surface area contributed by atoms with Crippen molar-refractivity contribution < 1.29 is 9.18 Å². The summed E-state index contributed by atoms with van der Waals surface area (Å²) in [5.74, 6) is -0.895. The molecule has 0 saturated heterocycles. The van der Waals surface area contributed by atoms with E-state index in [0.29, 0.717) is 11.0 Å². The molecule has 1 aliphatic heterocycles. The molecule has 3 nitrogen and oxygen atoms in total. The molecule has 0 saturated carbocycles. The Morgan fingerprint density at radius 3 is 2.81 bits per heavy atom. The average Bonchev–Trinajstić information content (AvgIpc) is 2.45. The van der Waals surface area contributed by atoms with E-state index in [1.807, 2.05) is 24.3 Å². The number of nitrogens with two attached hydrogens (primary N) is 1. The minimum atomic E-state index is -0.536. The van der Waals surface area contributed by atoms with Crippen molar-refractivity contribution in [2.45, 2.75) is 12.5 Å². The minimum absolute atomic E-state index is 0.0575. The Morgan fingerprint density at radius 1 is 1.29 bits per heavy atom. The number of amides is 1. The zero-order chi connectivity index (χ0) is 15.0. The van der Waals surface area contributed by atoms with E-state index >= 15 is 0 Å². The number of para-hydroxylation sites is 1. The monoisotopic (exact) mass is 348 g/mol. The molecule has 3 rings (SSSR count). The Bertz CT molecular complexity index is 704. The van der Waals surface area contributed by atoms with Gasteiger partial charge in [0.25, 0.3) is 5.91 Å². The minimum Gasteiger partial charge on any atom is -0.326 e. The van der Waals surface area contributed by atoms with Crippen molar-refractivity contribution in [2.75, 3.05) is 11.4 Å². The molecule has 1 heterocycles. The molecule has 5 heteroatoms. The molecule has 0 fully saturated rings. The van der Waals surface area contributed by atoms with Crippen LogP contribution in [0.5, 0.6) is 0 Å². The normalized spacial score (nSPS) is 17.5. The highest BCUT2D eigenvalue weighted by atomic mass is 79.9. The summed E-state index contributed by atoms with van der Waals surface area (Å²) in [5, 5.41) is 0. The molecule has 21 heavy (non-hydrogen) atoms. The van der Waals surface area contributed by atoms with Crippen LogP contribution in [0.15, 0.2) is 46.9 Å². The predicted molar refractivity (Wildman–Crippen MR) is 83.9 cm³/mol. The number of fused-ring (bicyclic) bond motifs is 1. The number of hydrogen-bond donors (Lipinski definition) is 1. The maximum atomic E-state index is 14.0. The lowest BCUT2D eigenvalue weighted by molar-refractivity contribution is 0.0979. The van der Waals surface area contributed by atoms with Crippen LogP contribution in [-0.2, 0) is 6.42 Å². The molecule has 2 aromatic rings. The third kappa shape index (κ3) is 2.71. The van der Waals surface area contributed by atoms with Gasteiger partial charge in [0.2, 0.25) is 0 Å². The molecule has 1 unspecified atom stereocenters. The number of hydrogen-bond acceptors (Lipinski definition) is 2. The number of nitrogens with zero attached hydrogens (tertiary/aromatic N) is 1. The SMILES string of the molecule is NC1Cc2ccccc2N(C(=O)c2ccc(Br)cc2F)C1. The molecule has 0 aromatic heterocycles. The number of anilines is 1. The average molecular weight is 349 g/mol. The van der Waals surface area contributed by atoms with Crippen LogP contribution in [0.25, 0.3) is 0 Å². The standard InChI is InChI=1S/C16H14BrFN2O/c17-11-5-6-13(14(18)8-11)16(21)20-9-12(19)7-10-3-1-2-4-15(10)20/h1-6,8,12H,7,9,19H2. The van der Waals surface area contributed by atoms with Gasteiger partial charge in [-0.05, 0) is 36.2 Å². The quantitative estimate of drug-likeness (QED) is 0.860. The largest absolute Gasteiger partial charge is 0.326 e. The Morgan fingerprint density at radius 2 is 2.05 bits per heavy atom. The topological polar surface area (TPSA) is 46.3 Å². The second-order valence-electron chi connectivity index (χ2n) is 5.13. The van der Waals surface area contributed by atoms with Crippen molar-refractivity contribution >= 4 is 27.5 Å². The van der Waals surface area contributed by atoms with Crippen LogP contribution in [0.2, 0.25) is 0 Å². The molecule has 0 radical (unpaired) electrons. The number of halogens is 2. The van der Waals surface area contributed by atoms with Gasteiger partial charge in [-0.25, -0.2) is 4.39 Å². The molecular weight excluding hydrogens is 335 g/mol. The third-order valence-corrected chi connectivity index (χ3v) is 4.08. The van der Waals surface area contributed by atoms with Crippen LogP contribution in [0.1, 0.15) is 15.9 Å². The van der Waals surface area contributed by atoms with Gasteiger partial charge < -0.3 is 10.6 Å². The van der Waals surface area contributed by atoms with Crippen molar-refractivity contribution in [3.8, 4) is 0 Å². The van der Waals surface area contributed by atoms with E-state index in [0.717, 1.165) is 17.7 Å². The number of benzene rings is 2. The van der Waals surface area contributed by atoms with E-state index in [2.05, 4.69) is 15.9 Å². The summed E-state index contributed by atoms with van der Waals surface area (Å²) in [6, 6.07) is 11.9. The van der Waals surface area contributed by atoms with Gasteiger partial charge in [-0.3, -0.25) is 4.79 Å². The molecule has 2 N–H and O–H groups in total. The van der Waals surface area contributed by atoms with Crippen LogP contribution < -0.4 is 10.6 Å². The van der Waals surface area contributed by atoms with Crippen molar-refractivity contribution in [1.29, 1.82) is 0 Å². The van der Waals surface area contributed by atoms with Gasteiger partial charge in [0.1, 0.15) is 5.82 Å². The maximum Gasteiger partial charge on any atom is 0.261 e. The van der Waals surface area contributed by atoms with Gasteiger partial charge >= 0.3 is 0 Å². The van der Waals surface area contributed by atoms with E-state index in [1.54, 1.807) is 11.0 Å². The van der Waals surface area contributed by atoms with Crippen LogP contribution in [0.4, 0.5) is 10.1 Å². The smallest absolute Gasteiger partial charge is 0.261 e. The summed E-state index contributed by atoms with van der Waals surface area (Å²) in [4.78, 5) is 14.2. The zero-order valence-corrected chi connectivity index (χ0v) is 12.8. The number of carbonyl (C=O) groups is 1.